The second kappa shape index (κ2) is 5.90. The predicted molar refractivity (Wildman–Crippen MR) is 85.8 cm³/mol. The summed E-state index contributed by atoms with van der Waals surface area (Å²) in [7, 11) is 0. The summed E-state index contributed by atoms with van der Waals surface area (Å²) in [6, 6.07) is 10.3. The number of benzene rings is 1. The molecule has 1 fully saturated rings. The fraction of sp³-hybridized carbons (Fsp3) is 0.375. The van der Waals surface area contributed by atoms with Gasteiger partial charge in [0.1, 0.15) is 17.5 Å². The van der Waals surface area contributed by atoms with Crippen LogP contribution in [0.3, 0.4) is 0 Å². The molecule has 1 aliphatic rings. The first-order valence-electron chi connectivity index (χ1n) is 7.19. The molecule has 1 saturated carbocycles. The van der Waals surface area contributed by atoms with E-state index in [4.69, 9.17) is 5.73 Å². The molecule has 0 atom stereocenters. The third-order valence-electron chi connectivity index (χ3n) is 4.12. The van der Waals surface area contributed by atoms with Crippen molar-refractivity contribution in [3.05, 3.63) is 45.6 Å². The third kappa shape index (κ3) is 2.81. The first-order valence-corrected chi connectivity index (χ1v) is 7.99. The van der Waals surface area contributed by atoms with Crippen LogP contribution >= 0.6 is 15.9 Å². The zero-order valence-electron chi connectivity index (χ0n) is 11.7. The average Bonchev–Trinajstić information content (AvgIpc) is 3.10. The lowest BCUT2D eigenvalue weighted by molar-refractivity contribution is 0.632. The maximum atomic E-state index is 9.39. The Morgan fingerprint density at radius 3 is 2.57 bits per heavy atom. The molecule has 0 spiro atoms. The minimum atomic E-state index is 0.396. The zero-order valence-corrected chi connectivity index (χ0v) is 13.3. The Morgan fingerprint density at radius 1 is 1.29 bits per heavy atom. The van der Waals surface area contributed by atoms with E-state index in [-0.39, 0.29) is 0 Å². The maximum absolute atomic E-state index is 9.39. The van der Waals surface area contributed by atoms with Gasteiger partial charge in [0.25, 0.3) is 0 Å². The second-order valence-electron chi connectivity index (χ2n) is 5.52. The molecule has 5 heteroatoms. The smallest absolute Gasteiger partial charge is 0.140 e. The Hall–Kier alpha value is -1.80. The largest absolute Gasteiger partial charge is 0.383 e. The number of hydrogen-bond acceptors (Lipinski definition) is 3. The molecule has 1 aromatic heterocycles. The normalized spacial score (nSPS) is 15.2. The molecule has 4 nitrogen and oxygen atoms in total. The van der Waals surface area contributed by atoms with Crippen LogP contribution < -0.4 is 5.73 Å². The zero-order chi connectivity index (χ0) is 14.8. The molecule has 0 amide bonds. The van der Waals surface area contributed by atoms with Crippen molar-refractivity contribution in [2.24, 2.45) is 0 Å². The van der Waals surface area contributed by atoms with Gasteiger partial charge >= 0.3 is 0 Å². The molecular formula is C16H17BrN4. The van der Waals surface area contributed by atoms with E-state index < -0.39 is 0 Å². The van der Waals surface area contributed by atoms with Gasteiger partial charge in [0.2, 0.25) is 0 Å². The Bertz CT molecular complexity index is 676. The maximum Gasteiger partial charge on any atom is 0.140 e. The van der Waals surface area contributed by atoms with Crippen LogP contribution in [0.5, 0.6) is 0 Å². The van der Waals surface area contributed by atoms with E-state index in [9.17, 15) is 5.26 Å². The lowest BCUT2D eigenvalue weighted by Gasteiger charge is -2.05. The molecule has 3 rings (SSSR count). The standard InChI is InChI=1S/C16H17BrN4/c17-13-7-5-11(6-8-13)10-21-16(19)14(9-18)15(20-21)12-3-1-2-4-12/h5-8,12H,1-4,10,19H2. The predicted octanol–water partition coefficient (Wildman–Crippen LogP) is 3.81. The number of nitrogens with two attached hydrogens (primary N) is 1. The fourth-order valence-corrected chi connectivity index (χ4v) is 3.24. The van der Waals surface area contributed by atoms with Gasteiger partial charge in [-0.05, 0) is 30.5 Å². The van der Waals surface area contributed by atoms with Gasteiger partial charge in [-0.3, -0.25) is 0 Å². The number of nitrogens with zero attached hydrogens (tertiary/aromatic N) is 3. The first kappa shape index (κ1) is 14.2. The highest BCUT2D eigenvalue weighted by atomic mass is 79.9. The van der Waals surface area contributed by atoms with Gasteiger partial charge in [-0.25, -0.2) is 4.68 Å². The SMILES string of the molecule is N#Cc1c(C2CCCC2)nn(Cc2ccc(Br)cc2)c1N. The van der Waals surface area contributed by atoms with Gasteiger partial charge in [0.15, 0.2) is 0 Å². The van der Waals surface area contributed by atoms with Crippen LogP contribution in [0.15, 0.2) is 28.7 Å². The molecule has 0 aliphatic heterocycles. The van der Waals surface area contributed by atoms with Crippen molar-refractivity contribution in [2.75, 3.05) is 5.73 Å². The highest BCUT2D eigenvalue weighted by Gasteiger charge is 2.26. The van der Waals surface area contributed by atoms with E-state index in [1.165, 1.54) is 12.8 Å². The Morgan fingerprint density at radius 2 is 1.95 bits per heavy atom. The molecule has 0 unspecified atom stereocenters. The summed E-state index contributed by atoms with van der Waals surface area (Å²) in [5.74, 6) is 0.885. The lowest BCUT2D eigenvalue weighted by atomic mass is 10.0. The summed E-state index contributed by atoms with van der Waals surface area (Å²) < 4.78 is 2.80. The number of aromatic nitrogens is 2. The molecule has 1 aromatic carbocycles. The molecule has 21 heavy (non-hydrogen) atoms. The van der Waals surface area contributed by atoms with E-state index in [1.807, 2.05) is 24.3 Å². The van der Waals surface area contributed by atoms with Gasteiger partial charge in [-0.1, -0.05) is 40.9 Å². The van der Waals surface area contributed by atoms with Crippen molar-refractivity contribution in [1.29, 1.82) is 5.26 Å². The number of anilines is 1. The molecule has 1 aliphatic carbocycles. The summed E-state index contributed by atoms with van der Waals surface area (Å²) >= 11 is 3.43. The summed E-state index contributed by atoms with van der Waals surface area (Å²) in [5, 5.41) is 14.0. The Labute approximate surface area is 132 Å². The molecular weight excluding hydrogens is 328 g/mol. The van der Waals surface area contributed by atoms with Crippen LogP contribution in [0.2, 0.25) is 0 Å². The van der Waals surface area contributed by atoms with Crippen LogP contribution in [0.25, 0.3) is 0 Å². The molecule has 0 saturated heterocycles. The van der Waals surface area contributed by atoms with Crippen LogP contribution in [-0.4, -0.2) is 9.78 Å². The van der Waals surface area contributed by atoms with Gasteiger partial charge in [-0.15, -0.1) is 0 Å². The van der Waals surface area contributed by atoms with Gasteiger partial charge in [0, 0.05) is 10.4 Å². The summed E-state index contributed by atoms with van der Waals surface area (Å²) in [6.07, 6.45) is 4.66. The first-order chi connectivity index (χ1) is 10.2. The molecule has 108 valence electrons. The highest BCUT2D eigenvalue weighted by Crippen LogP contribution is 2.36. The highest BCUT2D eigenvalue weighted by molar-refractivity contribution is 9.10. The molecule has 1 heterocycles. The summed E-state index contributed by atoms with van der Waals surface area (Å²) in [6.45, 7) is 0.598. The van der Waals surface area contributed by atoms with E-state index in [1.54, 1.807) is 4.68 Å². The molecule has 0 bridgehead atoms. The number of rotatable bonds is 3. The minimum absolute atomic E-state index is 0.396. The quantitative estimate of drug-likeness (QED) is 0.920. The average molecular weight is 345 g/mol. The van der Waals surface area contributed by atoms with Gasteiger partial charge in [0.05, 0.1) is 12.2 Å². The van der Waals surface area contributed by atoms with Crippen molar-refractivity contribution in [3.63, 3.8) is 0 Å². The van der Waals surface area contributed by atoms with E-state index in [2.05, 4.69) is 27.1 Å². The van der Waals surface area contributed by atoms with Crippen LogP contribution in [-0.2, 0) is 6.54 Å². The summed E-state index contributed by atoms with van der Waals surface area (Å²) in [5.41, 5.74) is 8.71. The van der Waals surface area contributed by atoms with E-state index in [0.717, 1.165) is 28.6 Å². The third-order valence-corrected chi connectivity index (χ3v) is 4.65. The molecule has 0 radical (unpaired) electrons. The monoisotopic (exact) mass is 344 g/mol. The van der Waals surface area contributed by atoms with Crippen molar-refractivity contribution in [1.82, 2.24) is 9.78 Å². The van der Waals surface area contributed by atoms with Crippen molar-refractivity contribution in [3.8, 4) is 6.07 Å². The van der Waals surface area contributed by atoms with E-state index >= 15 is 0 Å². The lowest BCUT2D eigenvalue weighted by Crippen LogP contribution is -2.06. The van der Waals surface area contributed by atoms with E-state index in [0.29, 0.717) is 23.8 Å². The Balaban J connectivity index is 1.92. The van der Waals surface area contributed by atoms with Crippen LogP contribution in [0, 0.1) is 11.3 Å². The fourth-order valence-electron chi connectivity index (χ4n) is 2.98. The molecule has 2 aromatic rings. The van der Waals surface area contributed by atoms with Crippen molar-refractivity contribution in [2.45, 2.75) is 38.1 Å². The van der Waals surface area contributed by atoms with Crippen molar-refractivity contribution >= 4 is 21.7 Å². The number of hydrogen-bond donors (Lipinski definition) is 1. The van der Waals surface area contributed by atoms with Crippen LogP contribution in [0.4, 0.5) is 5.82 Å². The number of nitrogen functional groups attached to an aromatic ring is 1. The van der Waals surface area contributed by atoms with Crippen LogP contribution in [0.1, 0.15) is 48.4 Å². The van der Waals surface area contributed by atoms with Gasteiger partial charge in [-0.2, -0.15) is 10.4 Å². The second-order valence-corrected chi connectivity index (χ2v) is 6.44. The minimum Gasteiger partial charge on any atom is -0.383 e. The van der Waals surface area contributed by atoms with Gasteiger partial charge < -0.3 is 5.73 Å². The number of halogens is 1. The topological polar surface area (TPSA) is 67.6 Å². The number of nitriles is 1. The van der Waals surface area contributed by atoms with Crippen molar-refractivity contribution < 1.29 is 0 Å². The summed E-state index contributed by atoms with van der Waals surface area (Å²) in [4.78, 5) is 0. The Kier molecular flexibility index (Phi) is 3.98. The molecule has 2 N–H and O–H groups in total.